The summed E-state index contributed by atoms with van der Waals surface area (Å²) in [5.74, 6) is 0. The van der Waals surface area contributed by atoms with Crippen LogP contribution in [0.5, 0.6) is 0 Å². The Balaban J connectivity index is 2.37. The van der Waals surface area contributed by atoms with Crippen LogP contribution in [0.4, 0.5) is 0 Å². The van der Waals surface area contributed by atoms with Crippen LogP contribution in [0, 0.1) is 0 Å². The molecule has 0 aliphatic carbocycles. The van der Waals surface area contributed by atoms with Gasteiger partial charge in [-0.2, -0.15) is 0 Å². The first kappa shape index (κ1) is 13.1. The monoisotopic (exact) mass is 311 g/mol. The fourth-order valence-electron chi connectivity index (χ4n) is 2.10. The van der Waals surface area contributed by atoms with Crippen molar-refractivity contribution < 1.29 is 0 Å². The number of benzene rings is 1. The van der Waals surface area contributed by atoms with Crippen LogP contribution in [0.3, 0.4) is 0 Å². The van der Waals surface area contributed by atoms with Gasteiger partial charge in [0.1, 0.15) is 0 Å². The summed E-state index contributed by atoms with van der Waals surface area (Å²) in [6, 6.07) is 6.94. The predicted molar refractivity (Wildman–Crippen MR) is 80.9 cm³/mol. The first-order valence-corrected chi connectivity index (χ1v) is 7.84. The van der Waals surface area contributed by atoms with Crippen LogP contribution in [0.1, 0.15) is 38.3 Å². The summed E-state index contributed by atoms with van der Waals surface area (Å²) in [5, 5.41) is 7.31. The third kappa shape index (κ3) is 2.72. The average molecular weight is 312 g/mol. The Kier molecular flexibility index (Phi) is 4.60. The Labute approximate surface area is 115 Å². The van der Waals surface area contributed by atoms with E-state index in [1.54, 1.807) is 0 Å². The predicted octanol–water partition coefficient (Wildman–Crippen LogP) is 5.11. The molecule has 2 aromatic rings. The van der Waals surface area contributed by atoms with Crippen molar-refractivity contribution >= 4 is 37.4 Å². The van der Waals surface area contributed by atoms with Crippen molar-refractivity contribution in [1.29, 1.82) is 0 Å². The van der Waals surface area contributed by atoms with Crippen molar-refractivity contribution in [1.82, 2.24) is 5.32 Å². The zero-order valence-electron chi connectivity index (χ0n) is 10.3. The molecule has 17 heavy (non-hydrogen) atoms. The smallest absolute Gasteiger partial charge is 0.0488 e. The van der Waals surface area contributed by atoms with E-state index >= 15 is 0 Å². The van der Waals surface area contributed by atoms with Gasteiger partial charge in [-0.05, 0) is 57.7 Å². The maximum absolute atomic E-state index is 3.62. The number of halogens is 1. The van der Waals surface area contributed by atoms with Crippen LogP contribution in [-0.2, 0) is 0 Å². The van der Waals surface area contributed by atoms with Crippen LogP contribution in [0.15, 0.2) is 28.1 Å². The Hall–Kier alpha value is -0.380. The van der Waals surface area contributed by atoms with Gasteiger partial charge in [0.15, 0.2) is 0 Å². The summed E-state index contributed by atoms with van der Waals surface area (Å²) in [5.41, 5.74) is 1.45. The normalized spacial score (nSPS) is 13.1. The molecule has 1 heterocycles. The number of hydrogen-bond donors (Lipinski definition) is 1. The van der Waals surface area contributed by atoms with Gasteiger partial charge in [-0.15, -0.1) is 11.3 Å². The van der Waals surface area contributed by atoms with E-state index in [-0.39, 0.29) is 0 Å². The molecule has 1 nitrogen and oxygen atoms in total. The molecule has 1 N–H and O–H groups in total. The Morgan fingerprint density at radius 3 is 2.88 bits per heavy atom. The lowest BCUT2D eigenvalue weighted by Crippen LogP contribution is -2.21. The lowest BCUT2D eigenvalue weighted by molar-refractivity contribution is 0.522. The molecule has 0 spiro atoms. The zero-order valence-corrected chi connectivity index (χ0v) is 12.7. The summed E-state index contributed by atoms with van der Waals surface area (Å²) in [4.78, 5) is 0. The van der Waals surface area contributed by atoms with E-state index in [9.17, 15) is 0 Å². The summed E-state index contributed by atoms with van der Waals surface area (Å²) in [6.07, 6.45) is 2.32. The van der Waals surface area contributed by atoms with Crippen molar-refractivity contribution in [2.24, 2.45) is 0 Å². The van der Waals surface area contributed by atoms with Crippen LogP contribution in [0.2, 0.25) is 0 Å². The van der Waals surface area contributed by atoms with Gasteiger partial charge in [0.05, 0.1) is 0 Å². The number of nitrogens with one attached hydrogen (secondary N) is 1. The topological polar surface area (TPSA) is 12.0 Å². The molecule has 0 bridgehead atoms. The SMILES string of the molecule is CCCNC(CC)c1csc2c(Br)cccc12. The second-order valence-corrected chi connectivity index (χ2v) is 5.96. The van der Waals surface area contributed by atoms with E-state index < -0.39 is 0 Å². The van der Waals surface area contributed by atoms with E-state index in [1.807, 2.05) is 11.3 Å². The Morgan fingerprint density at radius 1 is 1.35 bits per heavy atom. The molecule has 1 unspecified atom stereocenters. The van der Waals surface area contributed by atoms with Gasteiger partial charge in [0.25, 0.3) is 0 Å². The van der Waals surface area contributed by atoms with E-state index in [0.29, 0.717) is 6.04 Å². The molecule has 0 radical (unpaired) electrons. The number of rotatable bonds is 5. The van der Waals surface area contributed by atoms with Crippen LogP contribution in [-0.4, -0.2) is 6.54 Å². The second-order valence-electron chi connectivity index (χ2n) is 4.22. The number of fused-ring (bicyclic) bond motifs is 1. The van der Waals surface area contributed by atoms with E-state index in [2.05, 4.69) is 58.7 Å². The molecule has 2 rings (SSSR count). The summed E-state index contributed by atoms with van der Waals surface area (Å²) < 4.78 is 2.57. The highest BCUT2D eigenvalue weighted by Gasteiger charge is 2.14. The van der Waals surface area contributed by atoms with Crippen LogP contribution in [0.25, 0.3) is 10.1 Å². The highest BCUT2D eigenvalue weighted by molar-refractivity contribution is 9.10. The molecule has 1 aromatic carbocycles. The second kappa shape index (κ2) is 5.98. The minimum atomic E-state index is 0.484. The number of thiophene rings is 1. The first-order valence-electron chi connectivity index (χ1n) is 6.16. The molecule has 0 aliphatic rings. The molecule has 1 atom stereocenters. The molecule has 92 valence electrons. The van der Waals surface area contributed by atoms with Gasteiger partial charge < -0.3 is 5.32 Å². The van der Waals surface area contributed by atoms with Crippen molar-refractivity contribution in [3.05, 3.63) is 33.6 Å². The maximum atomic E-state index is 3.62. The van der Waals surface area contributed by atoms with E-state index in [4.69, 9.17) is 0 Å². The average Bonchev–Trinajstić information content (AvgIpc) is 2.76. The largest absolute Gasteiger partial charge is 0.310 e. The molecule has 0 amide bonds. The minimum Gasteiger partial charge on any atom is -0.310 e. The fraction of sp³-hybridized carbons (Fsp3) is 0.429. The number of hydrogen-bond acceptors (Lipinski definition) is 2. The van der Waals surface area contributed by atoms with Crippen LogP contribution < -0.4 is 5.32 Å². The fourth-order valence-corrected chi connectivity index (χ4v) is 3.78. The molecule has 0 aliphatic heterocycles. The molecule has 3 heteroatoms. The van der Waals surface area contributed by atoms with Crippen LogP contribution >= 0.6 is 27.3 Å². The van der Waals surface area contributed by atoms with Gasteiger partial charge in [0, 0.05) is 15.2 Å². The molecule has 0 saturated carbocycles. The van der Waals surface area contributed by atoms with Gasteiger partial charge in [-0.25, -0.2) is 0 Å². The third-order valence-electron chi connectivity index (χ3n) is 3.01. The standard InChI is InChI=1S/C14H18BrNS/c1-3-8-16-13(4-2)11-9-17-14-10(11)6-5-7-12(14)15/h5-7,9,13,16H,3-4,8H2,1-2H3. The summed E-state index contributed by atoms with van der Waals surface area (Å²) >= 11 is 5.45. The van der Waals surface area contributed by atoms with Crippen molar-refractivity contribution in [3.63, 3.8) is 0 Å². The molecule has 1 aromatic heterocycles. The quantitative estimate of drug-likeness (QED) is 0.808. The summed E-state index contributed by atoms with van der Waals surface area (Å²) in [6.45, 7) is 5.54. The van der Waals surface area contributed by atoms with Gasteiger partial charge in [-0.1, -0.05) is 26.0 Å². The molecular formula is C14H18BrNS. The molecule has 0 fully saturated rings. The third-order valence-corrected chi connectivity index (χ3v) is 4.98. The van der Waals surface area contributed by atoms with Gasteiger partial charge in [-0.3, -0.25) is 0 Å². The minimum absolute atomic E-state index is 0.484. The lowest BCUT2D eigenvalue weighted by atomic mass is 10.0. The molecular weight excluding hydrogens is 294 g/mol. The first-order chi connectivity index (χ1) is 8.27. The molecule has 0 saturated heterocycles. The highest BCUT2D eigenvalue weighted by atomic mass is 79.9. The van der Waals surface area contributed by atoms with E-state index in [1.165, 1.54) is 26.5 Å². The zero-order chi connectivity index (χ0) is 12.3. The maximum Gasteiger partial charge on any atom is 0.0488 e. The van der Waals surface area contributed by atoms with Crippen molar-refractivity contribution in [3.8, 4) is 0 Å². The lowest BCUT2D eigenvalue weighted by Gasteiger charge is -2.16. The van der Waals surface area contributed by atoms with E-state index in [0.717, 1.165) is 13.0 Å². The van der Waals surface area contributed by atoms with Gasteiger partial charge in [0.2, 0.25) is 0 Å². The van der Waals surface area contributed by atoms with Gasteiger partial charge >= 0.3 is 0 Å². The summed E-state index contributed by atoms with van der Waals surface area (Å²) in [7, 11) is 0. The Morgan fingerprint density at radius 2 is 2.18 bits per heavy atom. The van der Waals surface area contributed by atoms with Crippen molar-refractivity contribution in [2.75, 3.05) is 6.54 Å². The van der Waals surface area contributed by atoms with Crippen molar-refractivity contribution in [2.45, 2.75) is 32.7 Å². The highest BCUT2D eigenvalue weighted by Crippen LogP contribution is 2.35. The Bertz CT molecular complexity index is 492.